The van der Waals surface area contributed by atoms with Crippen LogP contribution in [0.15, 0.2) is 35.4 Å². The number of aromatic amines is 1. The summed E-state index contributed by atoms with van der Waals surface area (Å²) in [5.41, 5.74) is 3.20. The standard InChI is InChI=1S/C15H17ClN2S2.2ClH/c1-11-7-15(20-6-2-4-16)10-13(18-11)8-12-9-14(19)3-5-17-12;;/h3,5,7,9-10H,2,4,6,8H2,1H3,(H,17,19);2*1H. The molecule has 1 N–H and O–H groups in total. The second kappa shape index (κ2) is 11.3. The quantitative estimate of drug-likeness (QED) is 0.297. The van der Waals surface area contributed by atoms with Gasteiger partial charge in [-0.1, -0.05) is 12.2 Å². The fraction of sp³-hybridized carbons (Fsp3) is 0.333. The van der Waals surface area contributed by atoms with Crippen LogP contribution < -0.4 is 0 Å². The molecule has 0 saturated heterocycles. The molecule has 2 aromatic rings. The summed E-state index contributed by atoms with van der Waals surface area (Å²) < 4.78 is 0.850. The van der Waals surface area contributed by atoms with Crippen molar-refractivity contribution in [3.05, 3.63) is 52.1 Å². The lowest BCUT2D eigenvalue weighted by Gasteiger charge is -2.07. The van der Waals surface area contributed by atoms with Crippen molar-refractivity contribution < 1.29 is 0 Å². The van der Waals surface area contributed by atoms with Gasteiger partial charge in [-0.15, -0.1) is 48.2 Å². The van der Waals surface area contributed by atoms with Crippen LogP contribution in [0, 0.1) is 11.4 Å². The minimum Gasteiger partial charge on any atom is -0.365 e. The molecule has 2 heterocycles. The van der Waals surface area contributed by atoms with E-state index < -0.39 is 0 Å². The molecule has 0 aliphatic heterocycles. The number of halogens is 3. The molecular weight excluding hydrogens is 379 g/mol. The molecule has 0 aliphatic rings. The number of thioether (sulfide) groups is 1. The Hall–Kier alpha value is -0.260. The Morgan fingerprint density at radius 2 is 2.05 bits per heavy atom. The normalized spacial score (nSPS) is 9.73. The van der Waals surface area contributed by atoms with Gasteiger partial charge in [-0.05, 0) is 43.4 Å². The molecule has 0 aromatic carbocycles. The fourth-order valence-electron chi connectivity index (χ4n) is 1.91. The lowest BCUT2D eigenvalue weighted by molar-refractivity contribution is 0.974. The van der Waals surface area contributed by atoms with Crippen molar-refractivity contribution in [2.45, 2.75) is 24.7 Å². The zero-order valence-electron chi connectivity index (χ0n) is 12.2. The number of rotatable bonds is 6. The smallest absolute Gasteiger partial charge is 0.0476 e. The van der Waals surface area contributed by atoms with Crippen LogP contribution in [0.25, 0.3) is 0 Å². The number of hydrogen-bond acceptors (Lipinski definition) is 3. The molecule has 0 bridgehead atoms. The Bertz CT molecular complexity index is 632. The van der Waals surface area contributed by atoms with E-state index in [9.17, 15) is 0 Å². The Balaban J connectivity index is 0.00000220. The first kappa shape index (κ1) is 21.7. The molecule has 0 unspecified atom stereocenters. The maximum absolute atomic E-state index is 5.71. The average molecular weight is 398 g/mol. The zero-order chi connectivity index (χ0) is 14.4. The van der Waals surface area contributed by atoms with Crippen LogP contribution in [-0.4, -0.2) is 21.6 Å². The van der Waals surface area contributed by atoms with E-state index in [0.717, 1.165) is 40.2 Å². The Morgan fingerprint density at radius 1 is 1.27 bits per heavy atom. The van der Waals surface area contributed by atoms with Gasteiger partial charge < -0.3 is 4.98 Å². The molecule has 0 radical (unpaired) electrons. The number of alkyl halides is 1. The molecule has 2 rings (SSSR count). The Kier molecular flexibility index (Phi) is 11.2. The van der Waals surface area contributed by atoms with Crippen molar-refractivity contribution in [3.63, 3.8) is 0 Å². The highest BCUT2D eigenvalue weighted by molar-refractivity contribution is 7.99. The lowest BCUT2D eigenvalue weighted by Crippen LogP contribution is -1.97. The fourth-order valence-corrected chi connectivity index (χ4v) is 3.41. The van der Waals surface area contributed by atoms with Gasteiger partial charge in [0.05, 0.1) is 0 Å². The number of nitrogens with one attached hydrogen (secondary N) is 1. The van der Waals surface area contributed by atoms with Gasteiger partial charge in [0.15, 0.2) is 0 Å². The molecule has 0 atom stereocenters. The minimum atomic E-state index is 0. The molecule has 22 heavy (non-hydrogen) atoms. The van der Waals surface area contributed by atoms with Crippen LogP contribution in [0.4, 0.5) is 0 Å². The largest absolute Gasteiger partial charge is 0.365 e. The maximum atomic E-state index is 5.71. The van der Waals surface area contributed by atoms with Crippen molar-refractivity contribution in [1.82, 2.24) is 9.97 Å². The van der Waals surface area contributed by atoms with E-state index in [0.29, 0.717) is 5.88 Å². The lowest BCUT2D eigenvalue weighted by atomic mass is 10.2. The van der Waals surface area contributed by atoms with Gasteiger partial charge in [0.1, 0.15) is 0 Å². The summed E-state index contributed by atoms with van der Waals surface area (Å²) in [6, 6.07) is 8.14. The molecular formula is C15H19Cl3N2S2. The summed E-state index contributed by atoms with van der Waals surface area (Å²) in [5, 5.41) is 0. The zero-order valence-corrected chi connectivity index (χ0v) is 16.2. The van der Waals surface area contributed by atoms with Crippen molar-refractivity contribution in [2.75, 3.05) is 11.6 Å². The van der Waals surface area contributed by atoms with Gasteiger partial charge in [0.25, 0.3) is 0 Å². The van der Waals surface area contributed by atoms with Crippen LogP contribution >= 0.6 is 60.4 Å². The van der Waals surface area contributed by atoms with Crippen molar-refractivity contribution in [3.8, 4) is 0 Å². The first-order chi connectivity index (χ1) is 9.67. The average Bonchev–Trinajstić information content (AvgIpc) is 2.38. The SMILES string of the molecule is Cc1cc(SCCCCl)cc(Cc2cc(=S)cc[nH]2)n1.Cl.Cl. The third-order valence-corrected chi connectivity index (χ3v) is 4.31. The van der Waals surface area contributed by atoms with Gasteiger partial charge in [-0.2, -0.15) is 0 Å². The first-order valence-electron chi connectivity index (χ1n) is 6.51. The molecule has 0 spiro atoms. The number of nitrogens with zero attached hydrogens (tertiary/aromatic N) is 1. The summed E-state index contributed by atoms with van der Waals surface area (Å²) in [5.74, 6) is 1.75. The summed E-state index contributed by atoms with van der Waals surface area (Å²) in [6.45, 7) is 2.03. The number of aryl methyl sites for hydroxylation is 1. The van der Waals surface area contributed by atoms with Gasteiger partial charge in [0, 0.05) is 45.0 Å². The van der Waals surface area contributed by atoms with E-state index in [4.69, 9.17) is 23.8 Å². The Morgan fingerprint density at radius 3 is 2.73 bits per heavy atom. The summed E-state index contributed by atoms with van der Waals surface area (Å²) in [6.07, 6.45) is 3.67. The van der Waals surface area contributed by atoms with Crippen LogP contribution in [0.1, 0.15) is 23.5 Å². The van der Waals surface area contributed by atoms with E-state index in [1.807, 2.05) is 37.0 Å². The van der Waals surface area contributed by atoms with Crippen molar-refractivity contribution in [1.29, 1.82) is 0 Å². The van der Waals surface area contributed by atoms with E-state index in [1.54, 1.807) is 0 Å². The monoisotopic (exact) mass is 396 g/mol. The number of pyridine rings is 2. The first-order valence-corrected chi connectivity index (χ1v) is 8.44. The third-order valence-electron chi connectivity index (χ3n) is 2.73. The van der Waals surface area contributed by atoms with Crippen LogP contribution in [0.2, 0.25) is 0 Å². The molecule has 0 fully saturated rings. The summed E-state index contributed by atoms with van der Waals surface area (Å²) >= 11 is 12.7. The molecule has 0 aliphatic carbocycles. The summed E-state index contributed by atoms with van der Waals surface area (Å²) in [4.78, 5) is 9.07. The maximum Gasteiger partial charge on any atom is 0.0476 e. The predicted octanol–water partition coefficient (Wildman–Crippen LogP) is 5.60. The molecule has 0 saturated carbocycles. The molecule has 0 amide bonds. The highest BCUT2D eigenvalue weighted by atomic mass is 35.5. The summed E-state index contributed by atoms with van der Waals surface area (Å²) in [7, 11) is 0. The molecule has 2 aromatic heterocycles. The molecule has 7 heteroatoms. The van der Waals surface area contributed by atoms with Crippen molar-refractivity contribution in [2.24, 2.45) is 0 Å². The second-order valence-corrected chi connectivity index (χ2v) is 6.57. The van der Waals surface area contributed by atoms with E-state index in [-0.39, 0.29) is 24.8 Å². The van der Waals surface area contributed by atoms with E-state index in [1.165, 1.54) is 4.90 Å². The second-order valence-electron chi connectivity index (χ2n) is 4.55. The van der Waals surface area contributed by atoms with Crippen LogP contribution in [-0.2, 0) is 6.42 Å². The Labute approximate surface area is 158 Å². The van der Waals surface area contributed by atoms with E-state index in [2.05, 4.69) is 22.1 Å². The number of aromatic nitrogens is 2. The highest BCUT2D eigenvalue weighted by Gasteiger charge is 2.03. The van der Waals surface area contributed by atoms with Gasteiger partial charge >= 0.3 is 0 Å². The van der Waals surface area contributed by atoms with Crippen LogP contribution in [0.3, 0.4) is 0 Å². The predicted molar refractivity (Wildman–Crippen MR) is 104 cm³/mol. The van der Waals surface area contributed by atoms with E-state index >= 15 is 0 Å². The van der Waals surface area contributed by atoms with Gasteiger partial charge in [-0.3, -0.25) is 4.98 Å². The minimum absolute atomic E-state index is 0. The molecule has 2 nitrogen and oxygen atoms in total. The molecule has 122 valence electrons. The topological polar surface area (TPSA) is 28.7 Å². The number of H-pyrrole nitrogens is 1. The highest BCUT2D eigenvalue weighted by Crippen LogP contribution is 2.21. The van der Waals surface area contributed by atoms with Crippen molar-refractivity contribution >= 4 is 60.4 Å². The number of hydrogen-bond donors (Lipinski definition) is 1. The van der Waals surface area contributed by atoms with Crippen LogP contribution in [0.5, 0.6) is 0 Å². The van der Waals surface area contributed by atoms with Gasteiger partial charge in [0.2, 0.25) is 0 Å². The third kappa shape index (κ3) is 7.34. The van der Waals surface area contributed by atoms with Gasteiger partial charge in [-0.25, -0.2) is 0 Å².